The van der Waals surface area contributed by atoms with Crippen LogP contribution in [-0.4, -0.2) is 23.1 Å². The minimum Gasteiger partial charge on any atom is -0.480 e. The van der Waals surface area contributed by atoms with Crippen LogP contribution in [-0.2, 0) is 4.79 Å². The first-order valence-electron chi connectivity index (χ1n) is 6.46. The number of benzene rings is 1. The lowest BCUT2D eigenvalue weighted by Crippen LogP contribution is -2.43. The predicted molar refractivity (Wildman–Crippen MR) is 81.9 cm³/mol. The van der Waals surface area contributed by atoms with Crippen LogP contribution in [0.2, 0.25) is 0 Å². The topological polar surface area (TPSA) is 78.4 Å². The second kappa shape index (κ2) is 7.40. The van der Waals surface area contributed by atoms with Crippen LogP contribution in [0.4, 0.5) is 14.9 Å². The number of carbonyl (C=O) groups is 2. The quantitative estimate of drug-likeness (QED) is 0.751. The molecule has 1 atom stereocenters. The molecule has 3 N–H and O–H groups in total. The van der Waals surface area contributed by atoms with Gasteiger partial charge < -0.3 is 15.7 Å². The second-order valence-electron chi connectivity index (χ2n) is 5.20. The van der Waals surface area contributed by atoms with Crippen molar-refractivity contribution in [1.82, 2.24) is 5.32 Å². The Bertz CT molecular complexity index is 549. The van der Waals surface area contributed by atoms with E-state index in [9.17, 15) is 14.0 Å². The maximum atomic E-state index is 13.3. The number of halogens is 2. The number of carboxylic acids is 1. The van der Waals surface area contributed by atoms with Gasteiger partial charge in [0, 0.05) is 5.69 Å². The molecule has 0 bridgehead atoms. The minimum absolute atomic E-state index is 0.133. The van der Waals surface area contributed by atoms with Crippen molar-refractivity contribution in [3.8, 4) is 0 Å². The van der Waals surface area contributed by atoms with E-state index in [0.717, 1.165) is 0 Å². The lowest BCUT2D eigenvalue weighted by atomic mass is 10.0. The molecule has 7 heteroatoms. The summed E-state index contributed by atoms with van der Waals surface area (Å²) in [4.78, 5) is 23.0. The Labute approximate surface area is 131 Å². The number of aliphatic carboxylic acids is 1. The Kier molecular flexibility index (Phi) is 6.14. The zero-order valence-electron chi connectivity index (χ0n) is 12.0. The summed E-state index contributed by atoms with van der Waals surface area (Å²) >= 11 is 3.04. The molecule has 116 valence electrons. The number of hydrogen-bond acceptors (Lipinski definition) is 2. The van der Waals surface area contributed by atoms with E-state index in [4.69, 9.17) is 5.11 Å². The zero-order chi connectivity index (χ0) is 16.2. The molecule has 0 fully saturated rings. The molecule has 1 aromatic rings. The highest BCUT2D eigenvalue weighted by atomic mass is 79.9. The number of rotatable bonds is 5. The zero-order valence-corrected chi connectivity index (χ0v) is 13.6. The third-order valence-electron chi connectivity index (χ3n) is 2.83. The Morgan fingerprint density at radius 1 is 1.38 bits per heavy atom. The van der Waals surface area contributed by atoms with Gasteiger partial charge >= 0.3 is 12.0 Å². The second-order valence-corrected chi connectivity index (χ2v) is 6.05. The van der Waals surface area contributed by atoms with E-state index in [0.29, 0.717) is 17.7 Å². The van der Waals surface area contributed by atoms with Gasteiger partial charge in [-0.25, -0.2) is 14.0 Å². The van der Waals surface area contributed by atoms with Gasteiger partial charge in [0.2, 0.25) is 0 Å². The molecule has 0 aliphatic rings. The van der Waals surface area contributed by atoms with E-state index < -0.39 is 23.9 Å². The van der Waals surface area contributed by atoms with Gasteiger partial charge in [0.25, 0.3) is 0 Å². The average molecular weight is 361 g/mol. The standard InChI is InChI=1S/C14H18BrFN2O3/c1-7(2)4-12(13(19)20)18-14(21)17-11-6-9(15)10(16)5-8(11)3/h5-7,12H,4H2,1-3H3,(H,19,20)(H2,17,18,21)/t12-/m0/s1. The average Bonchev–Trinajstić information content (AvgIpc) is 2.34. The maximum absolute atomic E-state index is 13.3. The SMILES string of the molecule is Cc1cc(F)c(Br)cc1NC(=O)N[C@@H](CC(C)C)C(=O)O. The van der Waals surface area contributed by atoms with Gasteiger partial charge in [-0.05, 0) is 52.9 Å². The van der Waals surface area contributed by atoms with E-state index in [1.54, 1.807) is 6.92 Å². The van der Waals surface area contributed by atoms with Crippen molar-refractivity contribution in [2.45, 2.75) is 33.2 Å². The van der Waals surface area contributed by atoms with Gasteiger partial charge in [0.05, 0.1) is 4.47 Å². The van der Waals surface area contributed by atoms with E-state index in [1.807, 2.05) is 13.8 Å². The molecular formula is C14H18BrFN2O3. The normalized spacial score (nSPS) is 12.1. The Hall–Kier alpha value is -1.63. The maximum Gasteiger partial charge on any atom is 0.326 e. The lowest BCUT2D eigenvalue weighted by molar-refractivity contribution is -0.139. The van der Waals surface area contributed by atoms with Gasteiger partial charge in [0.15, 0.2) is 0 Å². The number of nitrogens with one attached hydrogen (secondary N) is 2. The molecule has 0 aliphatic heterocycles. The van der Waals surface area contributed by atoms with Crippen LogP contribution in [0, 0.1) is 18.7 Å². The number of aryl methyl sites for hydroxylation is 1. The summed E-state index contributed by atoms with van der Waals surface area (Å²) in [6.07, 6.45) is 0.328. The van der Waals surface area contributed by atoms with Crippen LogP contribution in [0.25, 0.3) is 0 Å². The van der Waals surface area contributed by atoms with Crippen molar-refractivity contribution < 1.29 is 19.1 Å². The molecule has 0 spiro atoms. The van der Waals surface area contributed by atoms with Crippen molar-refractivity contribution in [3.05, 3.63) is 28.0 Å². The van der Waals surface area contributed by atoms with Crippen LogP contribution in [0.15, 0.2) is 16.6 Å². The van der Waals surface area contributed by atoms with Crippen molar-refractivity contribution >= 4 is 33.6 Å². The van der Waals surface area contributed by atoms with E-state index in [2.05, 4.69) is 26.6 Å². The van der Waals surface area contributed by atoms with Gasteiger partial charge in [-0.1, -0.05) is 13.8 Å². The number of anilines is 1. The smallest absolute Gasteiger partial charge is 0.326 e. The number of urea groups is 1. The summed E-state index contributed by atoms with van der Waals surface area (Å²) in [5.74, 6) is -1.38. The summed E-state index contributed by atoms with van der Waals surface area (Å²) in [7, 11) is 0. The minimum atomic E-state index is -1.09. The van der Waals surface area contributed by atoms with Crippen LogP contribution in [0.1, 0.15) is 25.8 Å². The van der Waals surface area contributed by atoms with Crippen LogP contribution >= 0.6 is 15.9 Å². The van der Waals surface area contributed by atoms with E-state index >= 15 is 0 Å². The third-order valence-corrected chi connectivity index (χ3v) is 3.43. The Morgan fingerprint density at radius 2 is 2.00 bits per heavy atom. The summed E-state index contributed by atoms with van der Waals surface area (Å²) in [6, 6.07) is 1.11. The van der Waals surface area contributed by atoms with Crippen molar-refractivity contribution in [2.24, 2.45) is 5.92 Å². The highest BCUT2D eigenvalue weighted by Crippen LogP contribution is 2.24. The fraction of sp³-hybridized carbons (Fsp3) is 0.429. The third kappa shape index (κ3) is 5.34. The van der Waals surface area contributed by atoms with Crippen LogP contribution in [0.3, 0.4) is 0 Å². The molecule has 0 saturated heterocycles. The fourth-order valence-electron chi connectivity index (χ4n) is 1.79. The molecular weight excluding hydrogens is 343 g/mol. The molecule has 0 unspecified atom stereocenters. The molecule has 0 heterocycles. The van der Waals surface area contributed by atoms with Crippen LogP contribution < -0.4 is 10.6 Å². The molecule has 5 nitrogen and oxygen atoms in total. The van der Waals surface area contributed by atoms with Crippen LogP contribution in [0.5, 0.6) is 0 Å². The van der Waals surface area contributed by atoms with Gasteiger partial charge in [-0.2, -0.15) is 0 Å². The molecule has 1 rings (SSSR count). The Morgan fingerprint density at radius 3 is 2.52 bits per heavy atom. The van der Waals surface area contributed by atoms with Gasteiger partial charge in [0.1, 0.15) is 11.9 Å². The van der Waals surface area contributed by atoms with E-state index in [1.165, 1.54) is 12.1 Å². The Balaban J connectivity index is 2.77. The number of amides is 2. The number of carboxylic acid groups (broad SMARTS) is 1. The first-order valence-corrected chi connectivity index (χ1v) is 7.26. The van der Waals surface area contributed by atoms with Gasteiger partial charge in [-0.15, -0.1) is 0 Å². The summed E-state index contributed by atoms with van der Waals surface area (Å²) in [5, 5.41) is 14.0. The summed E-state index contributed by atoms with van der Waals surface area (Å²) in [5.41, 5.74) is 0.955. The van der Waals surface area contributed by atoms with Crippen molar-refractivity contribution in [2.75, 3.05) is 5.32 Å². The predicted octanol–water partition coefficient (Wildman–Crippen LogP) is 3.52. The lowest BCUT2D eigenvalue weighted by Gasteiger charge is -2.17. The molecule has 0 saturated carbocycles. The van der Waals surface area contributed by atoms with Crippen molar-refractivity contribution in [1.29, 1.82) is 0 Å². The molecule has 0 aromatic heterocycles. The first kappa shape index (κ1) is 17.4. The highest BCUT2D eigenvalue weighted by molar-refractivity contribution is 9.10. The van der Waals surface area contributed by atoms with Crippen molar-refractivity contribution in [3.63, 3.8) is 0 Å². The molecule has 2 amide bonds. The summed E-state index contributed by atoms with van der Waals surface area (Å²) in [6.45, 7) is 5.39. The highest BCUT2D eigenvalue weighted by Gasteiger charge is 2.21. The van der Waals surface area contributed by atoms with Gasteiger partial charge in [-0.3, -0.25) is 0 Å². The van der Waals surface area contributed by atoms with E-state index in [-0.39, 0.29) is 10.4 Å². The molecule has 1 aromatic carbocycles. The largest absolute Gasteiger partial charge is 0.480 e. The molecule has 21 heavy (non-hydrogen) atoms. The molecule has 0 aliphatic carbocycles. The monoisotopic (exact) mass is 360 g/mol. The summed E-state index contributed by atoms with van der Waals surface area (Å²) < 4.78 is 13.5. The molecule has 0 radical (unpaired) electrons. The first-order chi connectivity index (χ1) is 9.70. The number of hydrogen-bond donors (Lipinski definition) is 3. The number of carbonyl (C=O) groups excluding carboxylic acids is 1. The fourth-order valence-corrected chi connectivity index (χ4v) is 2.13.